The summed E-state index contributed by atoms with van der Waals surface area (Å²) in [5.74, 6) is 0.0385. The fourth-order valence-electron chi connectivity index (χ4n) is 3.24. The first-order chi connectivity index (χ1) is 13.6. The highest BCUT2D eigenvalue weighted by Crippen LogP contribution is 2.30. The zero-order valence-corrected chi connectivity index (χ0v) is 18.2. The number of ether oxygens (including phenoxy) is 1. The lowest BCUT2D eigenvalue weighted by atomic mass is 10.2. The van der Waals surface area contributed by atoms with Gasteiger partial charge >= 0.3 is 0 Å². The Bertz CT molecular complexity index is 968. The third-order valence-corrected chi connectivity index (χ3v) is 5.95. The molecule has 0 spiro atoms. The fourth-order valence-corrected chi connectivity index (χ4v) is 4.29. The summed E-state index contributed by atoms with van der Waals surface area (Å²) in [6.45, 7) is 8.46. The van der Waals surface area contributed by atoms with E-state index in [1.165, 1.54) is 5.56 Å². The van der Waals surface area contributed by atoms with E-state index in [2.05, 4.69) is 29.1 Å². The van der Waals surface area contributed by atoms with Crippen LogP contribution in [0, 0.1) is 6.92 Å². The molecule has 3 heterocycles. The number of hydrogen-bond donors (Lipinski definition) is 0. The summed E-state index contributed by atoms with van der Waals surface area (Å²) in [4.78, 5) is 21.9. The molecule has 2 aromatic heterocycles. The summed E-state index contributed by atoms with van der Waals surface area (Å²) in [5, 5.41) is 4.55. The van der Waals surface area contributed by atoms with Gasteiger partial charge in [-0.2, -0.15) is 0 Å². The van der Waals surface area contributed by atoms with Crippen LogP contribution in [0.2, 0.25) is 0 Å². The Hall–Kier alpha value is -2.00. The molecule has 1 aliphatic rings. The van der Waals surface area contributed by atoms with Gasteiger partial charge in [0.05, 0.1) is 29.1 Å². The van der Waals surface area contributed by atoms with Crippen LogP contribution in [-0.4, -0.2) is 60.3 Å². The molecule has 7 nitrogen and oxygen atoms in total. The summed E-state index contributed by atoms with van der Waals surface area (Å²) in [7, 11) is 0. The smallest absolute Gasteiger partial charge is 0.298 e. The molecule has 0 unspecified atom stereocenters. The van der Waals surface area contributed by atoms with Crippen molar-refractivity contribution in [3.63, 3.8) is 0 Å². The third-order valence-electron chi connectivity index (χ3n) is 4.91. The zero-order valence-electron chi connectivity index (χ0n) is 16.6. The van der Waals surface area contributed by atoms with E-state index in [1.807, 2.05) is 13.0 Å². The number of aryl methyl sites for hydroxylation is 2. The van der Waals surface area contributed by atoms with Gasteiger partial charge in [0.15, 0.2) is 5.13 Å². The number of hydrogen-bond acceptors (Lipinski definition) is 7. The molecule has 29 heavy (non-hydrogen) atoms. The highest BCUT2D eigenvalue weighted by molar-refractivity contribution is 7.22. The molecule has 0 atom stereocenters. The van der Waals surface area contributed by atoms with E-state index in [9.17, 15) is 4.79 Å². The van der Waals surface area contributed by atoms with E-state index in [1.54, 1.807) is 22.3 Å². The van der Waals surface area contributed by atoms with Crippen LogP contribution in [0.3, 0.4) is 0 Å². The predicted molar refractivity (Wildman–Crippen MR) is 116 cm³/mol. The molecule has 9 heteroatoms. The van der Waals surface area contributed by atoms with Crippen molar-refractivity contribution in [1.29, 1.82) is 0 Å². The molecule has 1 saturated heterocycles. The van der Waals surface area contributed by atoms with E-state index in [4.69, 9.17) is 14.2 Å². The SMILES string of the molecule is CCc1ccc2nc(N(CCN3CCOCC3)C(=O)c3cc(C)no3)sc2c1.Cl. The van der Waals surface area contributed by atoms with Gasteiger partial charge in [-0.25, -0.2) is 4.98 Å². The van der Waals surface area contributed by atoms with Crippen molar-refractivity contribution in [1.82, 2.24) is 15.0 Å². The van der Waals surface area contributed by atoms with Gasteiger partial charge in [-0.1, -0.05) is 29.5 Å². The van der Waals surface area contributed by atoms with E-state index in [0.29, 0.717) is 17.4 Å². The number of thiazole rings is 1. The van der Waals surface area contributed by atoms with Crippen molar-refractivity contribution in [2.75, 3.05) is 44.3 Å². The predicted octanol–water partition coefficient (Wildman–Crippen LogP) is 3.56. The lowest BCUT2D eigenvalue weighted by molar-refractivity contribution is 0.0390. The standard InChI is InChI=1S/C20H24N4O3S.ClH/c1-3-15-4-5-16-18(13-15)28-20(21-16)24(7-6-23-8-10-26-11-9-23)19(25)17-12-14(2)22-27-17;/h4-5,12-13H,3,6-11H2,1-2H3;1H. The second-order valence-electron chi connectivity index (χ2n) is 6.90. The summed E-state index contributed by atoms with van der Waals surface area (Å²) in [6, 6.07) is 7.94. The minimum atomic E-state index is -0.205. The van der Waals surface area contributed by atoms with Crippen LogP contribution in [0.15, 0.2) is 28.8 Å². The summed E-state index contributed by atoms with van der Waals surface area (Å²) in [6.07, 6.45) is 0.972. The minimum Gasteiger partial charge on any atom is -0.379 e. The van der Waals surface area contributed by atoms with Gasteiger partial charge < -0.3 is 9.26 Å². The quantitative estimate of drug-likeness (QED) is 0.588. The molecule has 0 N–H and O–H groups in total. The number of halogens is 1. The molecule has 1 amide bonds. The van der Waals surface area contributed by atoms with Crippen molar-refractivity contribution in [3.05, 3.63) is 41.3 Å². The van der Waals surface area contributed by atoms with Crippen molar-refractivity contribution >= 4 is 45.0 Å². The number of nitrogens with zero attached hydrogens (tertiary/aromatic N) is 4. The number of benzene rings is 1. The highest BCUT2D eigenvalue weighted by atomic mass is 35.5. The second kappa shape index (κ2) is 9.67. The maximum Gasteiger partial charge on any atom is 0.298 e. The molecule has 4 rings (SSSR count). The number of amides is 1. The number of rotatable bonds is 6. The van der Waals surface area contributed by atoms with E-state index in [-0.39, 0.29) is 24.1 Å². The van der Waals surface area contributed by atoms with E-state index >= 15 is 0 Å². The second-order valence-corrected chi connectivity index (χ2v) is 7.90. The van der Waals surface area contributed by atoms with Crippen LogP contribution < -0.4 is 4.90 Å². The molecule has 1 aliphatic heterocycles. The average Bonchev–Trinajstić information content (AvgIpc) is 3.34. The Balaban J connectivity index is 0.00000240. The average molecular weight is 437 g/mol. The molecular formula is C20H25ClN4O3S. The fraction of sp³-hybridized carbons (Fsp3) is 0.450. The van der Waals surface area contributed by atoms with Crippen LogP contribution in [0.4, 0.5) is 5.13 Å². The van der Waals surface area contributed by atoms with Gasteiger partial charge in [0.25, 0.3) is 5.91 Å². The number of carbonyl (C=O) groups is 1. The molecule has 0 saturated carbocycles. The van der Waals surface area contributed by atoms with Crippen molar-refractivity contribution in [2.45, 2.75) is 20.3 Å². The van der Waals surface area contributed by atoms with Crippen LogP contribution in [0.1, 0.15) is 28.7 Å². The number of carbonyl (C=O) groups excluding carboxylic acids is 1. The number of aromatic nitrogens is 2. The van der Waals surface area contributed by atoms with Gasteiger partial charge in [0.1, 0.15) is 0 Å². The lowest BCUT2D eigenvalue weighted by Crippen LogP contribution is -2.43. The molecule has 1 fully saturated rings. The molecule has 3 aromatic rings. The molecular weight excluding hydrogens is 412 g/mol. The van der Waals surface area contributed by atoms with Crippen LogP contribution in [-0.2, 0) is 11.2 Å². The van der Waals surface area contributed by atoms with Gasteiger partial charge in [0, 0.05) is 32.2 Å². The van der Waals surface area contributed by atoms with Crippen molar-refractivity contribution in [2.24, 2.45) is 0 Å². The van der Waals surface area contributed by atoms with Crippen LogP contribution in [0.25, 0.3) is 10.2 Å². The zero-order chi connectivity index (χ0) is 19.5. The first kappa shape index (κ1) is 21.7. The Morgan fingerprint density at radius 3 is 2.76 bits per heavy atom. The van der Waals surface area contributed by atoms with Crippen LogP contribution in [0.5, 0.6) is 0 Å². The van der Waals surface area contributed by atoms with Crippen molar-refractivity contribution < 1.29 is 14.1 Å². The normalized spacial score (nSPS) is 14.7. The molecule has 0 bridgehead atoms. The highest BCUT2D eigenvalue weighted by Gasteiger charge is 2.25. The molecule has 156 valence electrons. The van der Waals surface area contributed by atoms with Gasteiger partial charge in [-0.15, -0.1) is 12.4 Å². The Labute approximate surface area is 180 Å². The molecule has 1 aromatic carbocycles. The monoisotopic (exact) mass is 436 g/mol. The van der Waals surface area contributed by atoms with E-state index < -0.39 is 0 Å². The lowest BCUT2D eigenvalue weighted by Gasteiger charge is -2.28. The molecule has 0 radical (unpaired) electrons. The van der Waals surface area contributed by atoms with Crippen molar-refractivity contribution in [3.8, 4) is 0 Å². The summed E-state index contributed by atoms with van der Waals surface area (Å²) in [5.41, 5.74) is 2.86. The third kappa shape index (κ3) is 4.95. The Kier molecular flexibility index (Phi) is 7.23. The van der Waals surface area contributed by atoms with Gasteiger partial charge in [-0.05, 0) is 31.0 Å². The van der Waals surface area contributed by atoms with Gasteiger partial charge in [0.2, 0.25) is 5.76 Å². The summed E-state index contributed by atoms with van der Waals surface area (Å²) >= 11 is 1.54. The first-order valence-corrected chi connectivity index (χ1v) is 10.4. The Morgan fingerprint density at radius 1 is 1.28 bits per heavy atom. The maximum atomic E-state index is 13.1. The first-order valence-electron chi connectivity index (χ1n) is 9.59. The topological polar surface area (TPSA) is 71.7 Å². The molecule has 0 aliphatic carbocycles. The largest absolute Gasteiger partial charge is 0.379 e. The summed E-state index contributed by atoms with van der Waals surface area (Å²) < 4.78 is 11.7. The number of fused-ring (bicyclic) bond motifs is 1. The van der Waals surface area contributed by atoms with Crippen LogP contribution >= 0.6 is 23.7 Å². The van der Waals surface area contributed by atoms with E-state index in [0.717, 1.165) is 49.5 Å². The number of morpholine rings is 1. The number of anilines is 1. The maximum absolute atomic E-state index is 13.1. The van der Waals surface area contributed by atoms with Gasteiger partial charge in [-0.3, -0.25) is 14.6 Å². The minimum absolute atomic E-state index is 0. The Morgan fingerprint density at radius 2 is 2.07 bits per heavy atom.